The molecule has 2 atom stereocenters. The summed E-state index contributed by atoms with van der Waals surface area (Å²) in [6.45, 7) is 4.83. The van der Waals surface area contributed by atoms with Gasteiger partial charge in [0.2, 0.25) is 0 Å². The van der Waals surface area contributed by atoms with Crippen LogP contribution in [0.5, 0.6) is 0 Å². The lowest BCUT2D eigenvalue weighted by Crippen LogP contribution is -2.43. The van der Waals surface area contributed by atoms with Crippen molar-refractivity contribution in [3.63, 3.8) is 0 Å². The molecule has 0 radical (unpaired) electrons. The molecule has 23 heavy (non-hydrogen) atoms. The average molecular weight is 395 g/mol. The molecule has 0 amide bonds. The van der Waals surface area contributed by atoms with E-state index in [0.717, 1.165) is 34.6 Å². The second kappa shape index (κ2) is 6.69. The molecule has 1 N–H and O–H groups in total. The summed E-state index contributed by atoms with van der Waals surface area (Å²) in [4.78, 5) is 18.6. The number of allylic oxidation sites excluding steroid dienone is 1. The Morgan fingerprint density at radius 2 is 2.13 bits per heavy atom. The third-order valence-corrected chi connectivity index (χ3v) is 6.29. The van der Waals surface area contributed by atoms with Crippen LogP contribution in [0.1, 0.15) is 38.3 Å². The fourth-order valence-electron chi connectivity index (χ4n) is 3.09. The second-order valence-corrected chi connectivity index (χ2v) is 7.97. The van der Waals surface area contributed by atoms with Gasteiger partial charge in [0.15, 0.2) is 5.17 Å². The minimum Gasteiger partial charge on any atom is -0.478 e. The SMILES string of the molecule is CCC1CCN2C(=NC(C)=C(C(=O)O)C2c2ccc(Br)cc2)S1. The van der Waals surface area contributed by atoms with Crippen LogP contribution in [0.2, 0.25) is 0 Å². The zero-order valence-corrected chi connectivity index (χ0v) is 15.5. The molecule has 0 bridgehead atoms. The molecule has 6 heteroatoms. The van der Waals surface area contributed by atoms with Crippen molar-refractivity contribution in [1.29, 1.82) is 0 Å². The number of nitrogens with zero attached hydrogens (tertiary/aromatic N) is 2. The summed E-state index contributed by atoms with van der Waals surface area (Å²) in [5, 5.41) is 11.2. The van der Waals surface area contributed by atoms with Crippen LogP contribution in [0, 0.1) is 0 Å². The third kappa shape index (κ3) is 3.19. The van der Waals surface area contributed by atoms with Crippen molar-refractivity contribution >= 4 is 38.8 Å². The maximum Gasteiger partial charge on any atom is 0.335 e. The maximum absolute atomic E-state index is 11.8. The number of aliphatic carboxylic acids is 1. The average Bonchev–Trinajstić information content (AvgIpc) is 2.53. The lowest BCUT2D eigenvalue weighted by molar-refractivity contribution is -0.133. The van der Waals surface area contributed by atoms with Crippen molar-refractivity contribution in [3.8, 4) is 0 Å². The van der Waals surface area contributed by atoms with Crippen LogP contribution in [0.3, 0.4) is 0 Å². The number of hydrogen-bond acceptors (Lipinski definition) is 4. The highest BCUT2D eigenvalue weighted by Gasteiger charge is 2.38. The van der Waals surface area contributed by atoms with Gasteiger partial charge in [0.25, 0.3) is 0 Å². The van der Waals surface area contributed by atoms with Crippen LogP contribution in [-0.2, 0) is 4.79 Å². The first-order chi connectivity index (χ1) is 11.0. The van der Waals surface area contributed by atoms with Crippen molar-refractivity contribution in [2.75, 3.05) is 6.54 Å². The number of aliphatic imine (C=N–C) groups is 1. The summed E-state index contributed by atoms with van der Waals surface area (Å²) in [6, 6.07) is 7.64. The Bertz CT molecular complexity index is 684. The van der Waals surface area contributed by atoms with E-state index in [1.54, 1.807) is 18.7 Å². The van der Waals surface area contributed by atoms with Crippen LogP contribution in [0.15, 0.2) is 45.0 Å². The zero-order chi connectivity index (χ0) is 16.6. The van der Waals surface area contributed by atoms with Crippen molar-refractivity contribution in [1.82, 2.24) is 4.90 Å². The highest BCUT2D eigenvalue weighted by Crippen LogP contribution is 2.41. The molecule has 0 spiro atoms. The Morgan fingerprint density at radius 1 is 1.43 bits per heavy atom. The predicted molar refractivity (Wildman–Crippen MR) is 97.6 cm³/mol. The Balaban J connectivity index is 2.06. The number of halogens is 1. The number of carboxylic acid groups (broad SMARTS) is 1. The number of carboxylic acids is 1. The van der Waals surface area contributed by atoms with Gasteiger partial charge < -0.3 is 10.0 Å². The summed E-state index contributed by atoms with van der Waals surface area (Å²) in [5.41, 5.74) is 1.99. The quantitative estimate of drug-likeness (QED) is 0.823. The molecule has 2 aliphatic heterocycles. The van der Waals surface area contributed by atoms with Crippen LogP contribution >= 0.6 is 27.7 Å². The van der Waals surface area contributed by atoms with E-state index in [0.29, 0.717) is 16.5 Å². The minimum atomic E-state index is -0.888. The normalized spacial score (nSPS) is 24.3. The Kier molecular flexibility index (Phi) is 4.82. The standard InChI is InChI=1S/C17H19BrN2O2S/c1-3-13-8-9-20-15(11-4-6-12(18)7-5-11)14(16(21)22)10(2)19-17(20)23-13/h4-7,13,15H,3,8-9H2,1-2H3,(H,21,22). The van der Waals surface area contributed by atoms with E-state index in [9.17, 15) is 9.90 Å². The van der Waals surface area contributed by atoms with Gasteiger partial charge in [-0.1, -0.05) is 46.7 Å². The van der Waals surface area contributed by atoms with Crippen LogP contribution in [0.4, 0.5) is 0 Å². The maximum atomic E-state index is 11.8. The van der Waals surface area contributed by atoms with E-state index < -0.39 is 5.97 Å². The molecule has 122 valence electrons. The van der Waals surface area contributed by atoms with Crippen LogP contribution in [0.25, 0.3) is 0 Å². The molecule has 4 nitrogen and oxygen atoms in total. The summed E-state index contributed by atoms with van der Waals surface area (Å²) < 4.78 is 0.989. The Labute approximate surface area is 148 Å². The number of thioether (sulfide) groups is 1. The summed E-state index contributed by atoms with van der Waals surface area (Å²) in [5.74, 6) is -0.888. The van der Waals surface area contributed by atoms with Gasteiger partial charge in [-0.25, -0.2) is 9.79 Å². The first-order valence-corrected chi connectivity index (χ1v) is 9.40. The number of hydrogen-bond donors (Lipinski definition) is 1. The number of rotatable bonds is 3. The molecule has 1 aromatic carbocycles. The largest absolute Gasteiger partial charge is 0.478 e. The van der Waals surface area contributed by atoms with E-state index >= 15 is 0 Å². The molecule has 1 saturated heterocycles. The Hall–Kier alpha value is -1.27. The van der Waals surface area contributed by atoms with Gasteiger partial charge in [0.05, 0.1) is 17.3 Å². The second-order valence-electron chi connectivity index (χ2n) is 5.78. The third-order valence-electron chi connectivity index (χ3n) is 4.32. The molecular formula is C17H19BrN2O2S. The van der Waals surface area contributed by atoms with E-state index in [4.69, 9.17) is 0 Å². The van der Waals surface area contributed by atoms with Crippen molar-refractivity contribution in [2.45, 2.75) is 38.0 Å². The molecule has 1 fully saturated rings. The fraction of sp³-hybridized carbons (Fsp3) is 0.412. The predicted octanol–water partition coefficient (Wildman–Crippen LogP) is 4.44. The van der Waals surface area contributed by atoms with Gasteiger partial charge in [-0.2, -0.15) is 0 Å². The monoisotopic (exact) mass is 394 g/mol. The number of fused-ring (bicyclic) bond motifs is 1. The van der Waals surface area contributed by atoms with Gasteiger partial charge in [-0.3, -0.25) is 0 Å². The molecule has 2 aliphatic rings. The first-order valence-electron chi connectivity index (χ1n) is 7.72. The molecule has 1 aromatic rings. The first kappa shape index (κ1) is 16.6. The highest BCUT2D eigenvalue weighted by molar-refractivity contribution is 9.10. The van der Waals surface area contributed by atoms with Gasteiger partial charge >= 0.3 is 5.97 Å². The van der Waals surface area contributed by atoms with Crippen LogP contribution < -0.4 is 0 Å². The van der Waals surface area contributed by atoms with Gasteiger partial charge in [-0.15, -0.1) is 0 Å². The van der Waals surface area contributed by atoms with E-state index in [1.165, 1.54) is 0 Å². The lowest BCUT2D eigenvalue weighted by Gasteiger charge is -2.42. The minimum absolute atomic E-state index is 0.265. The fourth-order valence-corrected chi connectivity index (χ4v) is 4.57. The number of carbonyl (C=O) groups is 1. The molecule has 2 heterocycles. The molecule has 0 saturated carbocycles. The van der Waals surface area contributed by atoms with Crippen LogP contribution in [-0.4, -0.2) is 32.9 Å². The van der Waals surface area contributed by atoms with Crippen molar-refractivity contribution < 1.29 is 9.90 Å². The summed E-state index contributed by atoms with van der Waals surface area (Å²) >= 11 is 5.22. The Morgan fingerprint density at radius 3 is 2.74 bits per heavy atom. The molecule has 2 unspecified atom stereocenters. The topological polar surface area (TPSA) is 52.9 Å². The number of amidine groups is 1. The van der Waals surface area contributed by atoms with Gasteiger partial charge in [0, 0.05) is 16.3 Å². The molecule has 0 aliphatic carbocycles. The molecule has 3 rings (SSSR count). The van der Waals surface area contributed by atoms with E-state index in [2.05, 4.69) is 32.7 Å². The zero-order valence-electron chi connectivity index (χ0n) is 13.1. The summed E-state index contributed by atoms with van der Waals surface area (Å²) in [7, 11) is 0. The highest BCUT2D eigenvalue weighted by atomic mass is 79.9. The molecular weight excluding hydrogens is 376 g/mol. The summed E-state index contributed by atoms with van der Waals surface area (Å²) in [6.07, 6.45) is 2.16. The van der Waals surface area contributed by atoms with Gasteiger partial charge in [-0.05, 0) is 37.5 Å². The smallest absolute Gasteiger partial charge is 0.335 e. The van der Waals surface area contributed by atoms with E-state index in [-0.39, 0.29) is 6.04 Å². The number of benzene rings is 1. The van der Waals surface area contributed by atoms with Crippen molar-refractivity contribution in [3.05, 3.63) is 45.6 Å². The lowest BCUT2D eigenvalue weighted by atomic mass is 9.94. The molecule has 0 aromatic heterocycles. The van der Waals surface area contributed by atoms with E-state index in [1.807, 2.05) is 24.3 Å². The van der Waals surface area contributed by atoms with Crippen molar-refractivity contribution in [2.24, 2.45) is 4.99 Å². The van der Waals surface area contributed by atoms with Gasteiger partial charge in [0.1, 0.15) is 0 Å².